The van der Waals surface area contributed by atoms with Crippen molar-refractivity contribution in [3.63, 3.8) is 0 Å². The molecule has 2 aliphatic rings. The first-order chi connectivity index (χ1) is 10.3. The van der Waals surface area contributed by atoms with Gasteiger partial charge in [0, 0.05) is 19.7 Å². The Kier molecular flexibility index (Phi) is 5.28. The lowest BCUT2D eigenvalue weighted by molar-refractivity contribution is 0.157. The molecule has 2 saturated heterocycles. The molecule has 0 amide bonds. The van der Waals surface area contributed by atoms with E-state index in [1.807, 2.05) is 0 Å². The molecule has 1 N–H and O–H groups in total. The fourth-order valence-corrected chi connectivity index (χ4v) is 3.79. The normalized spacial score (nSPS) is 24.5. The summed E-state index contributed by atoms with van der Waals surface area (Å²) >= 11 is 0. The van der Waals surface area contributed by atoms with Gasteiger partial charge in [0.25, 0.3) is 0 Å². The Morgan fingerprint density at radius 1 is 1.10 bits per heavy atom. The van der Waals surface area contributed by atoms with Crippen LogP contribution in [0.1, 0.15) is 36.8 Å². The van der Waals surface area contributed by atoms with Crippen molar-refractivity contribution in [1.82, 2.24) is 10.2 Å². The third-order valence-electron chi connectivity index (χ3n) is 5.04. The van der Waals surface area contributed by atoms with Crippen LogP contribution in [-0.4, -0.2) is 37.7 Å². The van der Waals surface area contributed by atoms with Crippen LogP contribution in [0.2, 0.25) is 0 Å². The largest absolute Gasteiger partial charge is 0.380 e. The van der Waals surface area contributed by atoms with Gasteiger partial charge >= 0.3 is 0 Å². The molecular weight excluding hydrogens is 260 g/mol. The molecule has 2 aliphatic heterocycles. The number of methoxy groups -OCH3 is 1. The van der Waals surface area contributed by atoms with E-state index in [0.29, 0.717) is 6.61 Å². The first kappa shape index (κ1) is 15.0. The van der Waals surface area contributed by atoms with E-state index in [9.17, 15) is 0 Å². The maximum Gasteiger partial charge on any atom is 0.0713 e. The standard InChI is InChI=1S/C18H28N2O/c1-21-14-16-6-4-15(5-7-16)13-20-11-8-17(9-12-20)18-3-2-10-19-18/h4-7,17-19H,2-3,8-14H2,1H3. The quantitative estimate of drug-likeness (QED) is 0.901. The minimum atomic E-state index is 0.708. The number of nitrogens with zero attached hydrogens (tertiary/aromatic N) is 1. The van der Waals surface area contributed by atoms with Crippen LogP contribution in [-0.2, 0) is 17.9 Å². The van der Waals surface area contributed by atoms with Gasteiger partial charge < -0.3 is 10.1 Å². The second-order valence-corrected chi connectivity index (χ2v) is 6.57. The Hall–Kier alpha value is -0.900. The predicted molar refractivity (Wildman–Crippen MR) is 86.2 cm³/mol. The Labute approximate surface area is 128 Å². The number of likely N-dealkylation sites (tertiary alicyclic amines) is 1. The highest BCUT2D eigenvalue weighted by Crippen LogP contribution is 2.26. The van der Waals surface area contributed by atoms with Gasteiger partial charge in [0.05, 0.1) is 6.61 Å². The summed E-state index contributed by atoms with van der Waals surface area (Å²) in [6.07, 6.45) is 5.49. The molecule has 1 aromatic rings. The van der Waals surface area contributed by atoms with E-state index in [1.54, 1.807) is 7.11 Å². The van der Waals surface area contributed by atoms with Crippen molar-refractivity contribution >= 4 is 0 Å². The molecule has 3 rings (SSSR count). The van der Waals surface area contributed by atoms with E-state index in [1.165, 1.54) is 56.4 Å². The maximum absolute atomic E-state index is 5.16. The Balaban J connectivity index is 1.46. The SMILES string of the molecule is COCc1ccc(CN2CCC(C3CCCN3)CC2)cc1. The monoisotopic (exact) mass is 288 g/mol. The van der Waals surface area contributed by atoms with Crippen LogP contribution in [0, 0.1) is 5.92 Å². The summed E-state index contributed by atoms with van der Waals surface area (Å²) in [6.45, 7) is 5.54. The number of hydrogen-bond acceptors (Lipinski definition) is 3. The zero-order valence-corrected chi connectivity index (χ0v) is 13.2. The van der Waals surface area contributed by atoms with Crippen molar-refractivity contribution < 1.29 is 4.74 Å². The smallest absolute Gasteiger partial charge is 0.0713 e. The second kappa shape index (κ2) is 7.39. The third-order valence-corrected chi connectivity index (χ3v) is 5.04. The van der Waals surface area contributed by atoms with Gasteiger partial charge in [-0.3, -0.25) is 4.90 Å². The Bertz CT molecular complexity index is 417. The van der Waals surface area contributed by atoms with Gasteiger partial charge in [-0.1, -0.05) is 24.3 Å². The summed E-state index contributed by atoms with van der Waals surface area (Å²) in [5, 5.41) is 3.68. The topological polar surface area (TPSA) is 24.5 Å². The van der Waals surface area contributed by atoms with Crippen LogP contribution in [0.25, 0.3) is 0 Å². The van der Waals surface area contributed by atoms with E-state index >= 15 is 0 Å². The summed E-state index contributed by atoms with van der Waals surface area (Å²) in [7, 11) is 1.75. The molecule has 21 heavy (non-hydrogen) atoms. The van der Waals surface area contributed by atoms with Gasteiger partial charge in [-0.25, -0.2) is 0 Å². The van der Waals surface area contributed by atoms with E-state index < -0.39 is 0 Å². The molecule has 2 fully saturated rings. The van der Waals surface area contributed by atoms with Gasteiger partial charge in [0.15, 0.2) is 0 Å². The van der Waals surface area contributed by atoms with Gasteiger partial charge in [-0.05, 0) is 62.4 Å². The summed E-state index contributed by atoms with van der Waals surface area (Å²) in [5.41, 5.74) is 2.68. The molecule has 0 bridgehead atoms. The highest BCUT2D eigenvalue weighted by Gasteiger charge is 2.28. The Morgan fingerprint density at radius 2 is 1.81 bits per heavy atom. The minimum absolute atomic E-state index is 0.708. The fraction of sp³-hybridized carbons (Fsp3) is 0.667. The van der Waals surface area contributed by atoms with E-state index in [0.717, 1.165) is 18.5 Å². The first-order valence-corrected chi connectivity index (χ1v) is 8.37. The number of nitrogens with one attached hydrogen (secondary N) is 1. The lowest BCUT2D eigenvalue weighted by atomic mass is 9.88. The molecule has 0 saturated carbocycles. The molecule has 0 spiro atoms. The van der Waals surface area contributed by atoms with Crippen molar-refractivity contribution in [1.29, 1.82) is 0 Å². The predicted octanol–water partition coefficient (Wildman–Crippen LogP) is 2.80. The average molecular weight is 288 g/mol. The first-order valence-electron chi connectivity index (χ1n) is 8.37. The maximum atomic E-state index is 5.16. The summed E-state index contributed by atoms with van der Waals surface area (Å²) in [6, 6.07) is 9.68. The molecule has 1 atom stereocenters. The number of rotatable bonds is 5. The minimum Gasteiger partial charge on any atom is -0.380 e. The summed E-state index contributed by atoms with van der Waals surface area (Å²) in [4.78, 5) is 2.61. The van der Waals surface area contributed by atoms with Crippen LogP contribution in [0.5, 0.6) is 0 Å². The number of benzene rings is 1. The van der Waals surface area contributed by atoms with Crippen molar-refractivity contribution in [3.05, 3.63) is 35.4 Å². The van der Waals surface area contributed by atoms with Gasteiger partial charge in [-0.2, -0.15) is 0 Å². The number of ether oxygens (including phenoxy) is 1. The van der Waals surface area contributed by atoms with E-state index in [-0.39, 0.29) is 0 Å². The van der Waals surface area contributed by atoms with Crippen molar-refractivity contribution in [2.45, 2.75) is 44.9 Å². The molecule has 3 heteroatoms. The molecule has 3 nitrogen and oxygen atoms in total. The van der Waals surface area contributed by atoms with Crippen molar-refractivity contribution in [2.75, 3.05) is 26.7 Å². The molecular formula is C18H28N2O. The summed E-state index contributed by atoms with van der Waals surface area (Å²) < 4.78 is 5.16. The van der Waals surface area contributed by atoms with Crippen molar-refractivity contribution in [3.8, 4) is 0 Å². The highest BCUT2D eigenvalue weighted by molar-refractivity contribution is 5.22. The zero-order valence-electron chi connectivity index (χ0n) is 13.2. The van der Waals surface area contributed by atoms with Crippen LogP contribution in [0.15, 0.2) is 24.3 Å². The van der Waals surface area contributed by atoms with Crippen LogP contribution in [0.3, 0.4) is 0 Å². The third kappa shape index (κ3) is 4.06. The van der Waals surface area contributed by atoms with E-state index in [4.69, 9.17) is 4.74 Å². The lowest BCUT2D eigenvalue weighted by Crippen LogP contribution is -2.40. The molecule has 116 valence electrons. The molecule has 0 aliphatic carbocycles. The highest BCUT2D eigenvalue weighted by atomic mass is 16.5. The van der Waals surface area contributed by atoms with Crippen LogP contribution in [0.4, 0.5) is 0 Å². The number of piperidine rings is 1. The molecule has 0 radical (unpaired) electrons. The van der Waals surface area contributed by atoms with E-state index in [2.05, 4.69) is 34.5 Å². The Morgan fingerprint density at radius 3 is 2.43 bits per heavy atom. The molecule has 0 aromatic heterocycles. The van der Waals surface area contributed by atoms with Gasteiger partial charge in [-0.15, -0.1) is 0 Å². The van der Waals surface area contributed by atoms with Crippen molar-refractivity contribution in [2.24, 2.45) is 5.92 Å². The molecule has 1 unspecified atom stereocenters. The fourth-order valence-electron chi connectivity index (χ4n) is 3.79. The van der Waals surface area contributed by atoms with Crippen LogP contribution < -0.4 is 5.32 Å². The van der Waals surface area contributed by atoms with Crippen LogP contribution >= 0.6 is 0 Å². The lowest BCUT2D eigenvalue weighted by Gasteiger charge is -2.35. The van der Waals surface area contributed by atoms with Gasteiger partial charge in [0.1, 0.15) is 0 Å². The molecule has 2 heterocycles. The average Bonchev–Trinajstić information content (AvgIpc) is 3.05. The zero-order chi connectivity index (χ0) is 14.5. The van der Waals surface area contributed by atoms with Gasteiger partial charge in [0.2, 0.25) is 0 Å². The number of hydrogen-bond donors (Lipinski definition) is 1. The summed E-state index contributed by atoms with van der Waals surface area (Å²) in [5.74, 6) is 0.910. The molecule has 1 aromatic carbocycles. The second-order valence-electron chi connectivity index (χ2n) is 6.57.